The van der Waals surface area contributed by atoms with Gasteiger partial charge in [0.2, 0.25) is 12.2 Å². The Morgan fingerprint density at radius 1 is 1.02 bits per heavy atom. The summed E-state index contributed by atoms with van der Waals surface area (Å²) in [5, 5.41) is 82.4. The van der Waals surface area contributed by atoms with Crippen molar-refractivity contribution in [1.82, 2.24) is 4.90 Å². The number of carbonyl (C=O) groups is 1. The van der Waals surface area contributed by atoms with Gasteiger partial charge in [-0.2, -0.15) is 0 Å². The van der Waals surface area contributed by atoms with E-state index in [2.05, 4.69) is 0 Å². The second-order valence-electron chi connectivity index (χ2n) is 11.2. The van der Waals surface area contributed by atoms with Crippen molar-refractivity contribution in [1.29, 1.82) is 0 Å². The number of aromatic hydroxyl groups is 2. The number of aliphatic hydroxyl groups excluding tert-OH is 5. The Balaban J connectivity index is 1.40. The minimum absolute atomic E-state index is 0.0814. The highest BCUT2D eigenvalue weighted by molar-refractivity contribution is 5.75. The predicted octanol–water partition coefficient (Wildman–Crippen LogP) is -1.57. The molecule has 236 valence electrons. The molecule has 0 spiro atoms. The summed E-state index contributed by atoms with van der Waals surface area (Å²) in [5.74, 6) is -0.520. The molecule has 2 aromatic carbocycles. The quantitative estimate of drug-likeness (QED) is 0.170. The van der Waals surface area contributed by atoms with E-state index in [4.69, 9.17) is 18.9 Å². The van der Waals surface area contributed by atoms with E-state index in [-0.39, 0.29) is 23.2 Å². The van der Waals surface area contributed by atoms with Crippen LogP contribution in [0.4, 0.5) is 0 Å². The first-order valence-corrected chi connectivity index (χ1v) is 13.9. The highest BCUT2D eigenvalue weighted by Crippen LogP contribution is 2.44. The van der Waals surface area contributed by atoms with Crippen molar-refractivity contribution in [2.45, 2.75) is 74.5 Å². The smallest absolute Gasteiger partial charge is 0.229 e. The molecule has 0 aliphatic carbocycles. The van der Waals surface area contributed by atoms with Crippen LogP contribution in [-0.4, -0.2) is 127 Å². The molecule has 5 rings (SSSR count). The first kappa shape index (κ1) is 31.4. The van der Waals surface area contributed by atoms with E-state index in [0.29, 0.717) is 24.9 Å². The van der Waals surface area contributed by atoms with E-state index in [0.717, 1.165) is 11.1 Å². The SMILES string of the molecule is CC(=O)N1CCc2ccc(O)c(O[C@H]3O[C@@H](CO[C@@H]4OC[C@@](O)(CO)[C@H]4O)[C@H](O)[C@@H](O)[C@@H]3O)c2[C@@H]1Cc1ccc(O)cc1. The van der Waals surface area contributed by atoms with Crippen LogP contribution in [-0.2, 0) is 31.8 Å². The number of hydrogen-bond acceptors (Lipinski definition) is 13. The molecule has 0 saturated carbocycles. The summed E-state index contributed by atoms with van der Waals surface area (Å²) in [5.41, 5.74) is 0.116. The van der Waals surface area contributed by atoms with Crippen molar-refractivity contribution in [3.63, 3.8) is 0 Å². The van der Waals surface area contributed by atoms with E-state index in [1.54, 1.807) is 23.1 Å². The minimum Gasteiger partial charge on any atom is -0.508 e. The van der Waals surface area contributed by atoms with E-state index >= 15 is 0 Å². The first-order chi connectivity index (χ1) is 20.4. The van der Waals surface area contributed by atoms with Gasteiger partial charge >= 0.3 is 0 Å². The molecule has 8 N–H and O–H groups in total. The van der Waals surface area contributed by atoms with Crippen molar-refractivity contribution < 1.29 is 64.6 Å². The maximum atomic E-state index is 12.7. The topological polar surface area (TPSA) is 219 Å². The van der Waals surface area contributed by atoms with Crippen LogP contribution in [0.2, 0.25) is 0 Å². The van der Waals surface area contributed by atoms with Crippen LogP contribution in [0.5, 0.6) is 17.2 Å². The maximum absolute atomic E-state index is 12.7. The van der Waals surface area contributed by atoms with Gasteiger partial charge in [0.25, 0.3) is 0 Å². The number of phenolic OH excluding ortho intramolecular Hbond substituents is 2. The number of rotatable bonds is 8. The molecule has 14 heteroatoms. The Kier molecular flexibility index (Phi) is 9.13. The summed E-state index contributed by atoms with van der Waals surface area (Å²) in [4.78, 5) is 14.3. The van der Waals surface area contributed by atoms with Gasteiger partial charge in [0.05, 0.1) is 25.9 Å². The number of nitrogens with zero attached hydrogens (tertiary/aromatic N) is 1. The highest BCUT2D eigenvalue weighted by Gasteiger charge is 2.50. The van der Waals surface area contributed by atoms with Gasteiger partial charge in [0, 0.05) is 19.0 Å². The second kappa shape index (κ2) is 12.5. The lowest BCUT2D eigenvalue weighted by Gasteiger charge is -2.42. The summed E-state index contributed by atoms with van der Waals surface area (Å²) in [6.07, 6.45) is -10.3. The number of carbonyl (C=O) groups excluding carboxylic acids is 1. The van der Waals surface area contributed by atoms with Gasteiger partial charge < -0.3 is 64.7 Å². The Hall–Kier alpha value is -3.05. The Bertz CT molecular complexity index is 1290. The fourth-order valence-electron chi connectivity index (χ4n) is 5.73. The molecule has 3 aliphatic heterocycles. The third-order valence-corrected chi connectivity index (χ3v) is 8.27. The summed E-state index contributed by atoms with van der Waals surface area (Å²) >= 11 is 0. The summed E-state index contributed by atoms with van der Waals surface area (Å²) in [7, 11) is 0. The molecule has 2 saturated heterocycles. The van der Waals surface area contributed by atoms with E-state index in [9.17, 15) is 45.6 Å². The third kappa shape index (κ3) is 6.16. The third-order valence-electron chi connectivity index (χ3n) is 8.27. The number of ether oxygens (including phenoxy) is 4. The average molecular weight is 608 g/mol. The number of aliphatic hydroxyl groups is 6. The monoisotopic (exact) mass is 607 g/mol. The van der Waals surface area contributed by atoms with Gasteiger partial charge in [-0.15, -0.1) is 0 Å². The predicted molar refractivity (Wildman–Crippen MR) is 145 cm³/mol. The molecular formula is C29H37NO13. The van der Waals surface area contributed by atoms with Crippen molar-refractivity contribution in [3.05, 3.63) is 53.1 Å². The molecule has 2 aromatic rings. The van der Waals surface area contributed by atoms with Gasteiger partial charge in [0.1, 0.15) is 41.9 Å². The summed E-state index contributed by atoms with van der Waals surface area (Å²) in [6, 6.07) is 9.01. The van der Waals surface area contributed by atoms with Crippen LogP contribution < -0.4 is 4.74 Å². The lowest BCUT2D eigenvalue weighted by molar-refractivity contribution is -0.289. The molecule has 2 fully saturated rings. The zero-order valence-electron chi connectivity index (χ0n) is 23.4. The van der Waals surface area contributed by atoms with Crippen molar-refractivity contribution in [3.8, 4) is 17.2 Å². The summed E-state index contributed by atoms with van der Waals surface area (Å²) < 4.78 is 22.5. The molecular weight excluding hydrogens is 570 g/mol. The molecule has 3 heterocycles. The van der Waals surface area contributed by atoms with Gasteiger partial charge in [-0.05, 0) is 42.2 Å². The van der Waals surface area contributed by atoms with Crippen LogP contribution in [0, 0.1) is 0 Å². The Morgan fingerprint density at radius 2 is 1.74 bits per heavy atom. The molecule has 0 bridgehead atoms. The van der Waals surface area contributed by atoms with E-state index < -0.39 is 74.6 Å². The number of benzene rings is 2. The fourth-order valence-corrected chi connectivity index (χ4v) is 5.73. The van der Waals surface area contributed by atoms with Gasteiger partial charge in [-0.1, -0.05) is 18.2 Å². The first-order valence-electron chi connectivity index (χ1n) is 13.9. The van der Waals surface area contributed by atoms with Crippen LogP contribution in [0.25, 0.3) is 0 Å². The van der Waals surface area contributed by atoms with Crippen LogP contribution in [0.1, 0.15) is 29.7 Å². The molecule has 0 unspecified atom stereocenters. The fraction of sp³-hybridized carbons (Fsp3) is 0.552. The largest absolute Gasteiger partial charge is 0.508 e. The highest BCUT2D eigenvalue weighted by atomic mass is 16.7. The van der Waals surface area contributed by atoms with Crippen LogP contribution in [0.3, 0.4) is 0 Å². The zero-order valence-corrected chi connectivity index (χ0v) is 23.4. The Morgan fingerprint density at radius 3 is 2.40 bits per heavy atom. The number of phenols is 2. The van der Waals surface area contributed by atoms with Gasteiger partial charge in [0.15, 0.2) is 17.8 Å². The minimum atomic E-state index is -1.94. The lowest BCUT2D eigenvalue weighted by atomic mass is 9.87. The molecule has 1 amide bonds. The van der Waals surface area contributed by atoms with E-state index in [1.165, 1.54) is 25.1 Å². The lowest BCUT2D eigenvalue weighted by Crippen LogP contribution is -2.60. The number of hydrogen-bond donors (Lipinski definition) is 8. The molecule has 9 atom stereocenters. The zero-order chi connectivity index (χ0) is 31.1. The number of fused-ring (bicyclic) bond motifs is 1. The van der Waals surface area contributed by atoms with Gasteiger partial charge in [-0.25, -0.2) is 0 Å². The normalized spacial score (nSPS) is 34.2. The van der Waals surface area contributed by atoms with Gasteiger partial charge in [-0.3, -0.25) is 4.79 Å². The molecule has 0 aromatic heterocycles. The molecule has 3 aliphatic rings. The van der Waals surface area contributed by atoms with E-state index in [1.807, 2.05) is 0 Å². The van der Waals surface area contributed by atoms with Crippen LogP contribution in [0.15, 0.2) is 36.4 Å². The molecule has 43 heavy (non-hydrogen) atoms. The average Bonchev–Trinajstić information content (AvgIpc) is 3.28. The molecule has 0 radical (unpaired) electrons. The maximum Gasteiger partial charge on any atom is 0.229 e. The van der Waals surface area contributed by atoms with Crippen LogP contribution >= 0.6 is 0 Å². The molecule has 14 nitrogen and oxygen atoms in total. The Labute approximate surface area is 246 Å². The number of amides is 1. The van der Waals surface area contributed by atoms with Crippen molar-refractivity contribution >= 4 is 5.91 Å². The van der Waals surface area contributed by atoms with Crippen molar-refractivity contribution in [2.75, 3.05) is 26.4 Å². The second-order valence-corrected chi connectivity index (χ2v) is 11.2. The van der Waals surface area contributed by atoms with Crippen molar-refractivity contribution in [2.24, 2.45) is 0 Å². The standard InChI is InChI=1S/C29H37NO13/c1-14(32)30-9-8-16-4-7-19(34)25(21(16)18(30)10-15-2-5-17(33)6-3-15)43-27-24(37)23(36)22(35)20(42-27)11-40-28-26(38)29(39,12-31)13-41-28/h2-7,18,20,22-24,26-28,31,33-39H,8-13H2,1H3/t18-,20-,22-,23+,24-,26-,27+,28+,29-/m0/s1. The summed E-state index contributed by atoms with van der Waals surface area (Å²) in [6.45, 7) is 0.173.